The molecular weight excluding hydrogens is 187 g/mol. The van der Waals surface area contributed by atoms with Crippen molar-refractivity contribution < 1.29 is 0 Å². The van der Waals surface area contributed by atoms with Crippen molar-refractivity contribution in [3.8, 4) is 0 Å². The van der Waals surface area contributed by atoms with E-state index in [1.807, 2.05) is 11.4 Å². The van der Waals surface area contributed by atoms with Gasteiger partial charge in [0.25, 0.3) is 0 Å². The molecule has 9 heavy (non-hydrogen) atoms. The standard InChI is InChI=1S/C5H11PS3/c1-2-5-3-4-8-6(7)9-5/h5,7H,2-4H2,1H3. The number of thiol groups is 1. The molecule has 1 saturated heterocycles. The van der Waals surface area contributed by atoms with Gasteiger partial charge in [0, 0.05) is 11.0 Å². The summed E-state index contributed by atoms with van der Waals surface area (Å²) in [6.07, 6.45) is 2.72. The molecule has 0 aliphatic carbocycles. The lowest BCUT2D eigenvalue weighted by atomic mass is 10.3. The molecule has 0 aromatic carbocycles. The fourth-order valence-electron chi connectivity index (χ4n) is 0.752. The third-order valence-electron chi connectivity index (χ3n) is 1.34. The Morgan fingerprint density at radius 1 is 1.78 bits per heavy atom. The number of hydrogen-bond donors (Lipinski definition) is 1. The van der Waals surface area contributed by atoms with Crippen LogP contribution in [0.25, 0.3) is 0 Å². The minimum Gasteiger partial charge on any atom is -0.130 e. The maximum absolute atomic E-state index is 4.47. The maximum Gasteiger partial charge on any atom is 0.0700 e. The third-order valence-corrected chi connectivity index (χ3v) is 9.28. The minimum absolute atomic E-state index is 0.00900. The summed E-state index contributed by atoms with van der Waals surface area (Å²) in [5, 5.41) is 0.912. The first-order valence-corrected chi connectivity index (χ1v) is 8.68. The van der Waals surface area contributed by atoms with Crippen LogP contribution >= 0.6 is 40.5 Å². The van der Waals surface area contributed by atoms with Gasteiger partial charge in [-0.15, -0.1) is 35.0 Å². The van der Waals surface area contributed by atoms with Gasteiger partial charge in [-0.2, -0.15) is 0 Å². The highest BCUT2D eigenvalue weighted by Gasteiger charge is 2.18. The van der Waals surface area contributed by atoms with E-state index in [2.05, 4.69) is 30.6 Å². The fraction of sp³-hybridized carbons (Fsp3) is 1.00. The van der Waals surface area contributed by atoms with Crippen LogP contribution in [-0.2, 0) is 0 Å². The van der Waals surface area contributed by atoms with E-state index in [1.54, 1.807) is 0 Å². The summed E-state index contributed by atoms with van der Waals surface area (Å²) in [4.78, 5) is 0. The van der Waals surface area contributed by atoms with Gasteiger partial charge in [0.05, 0.1) is 5.53 Å². The average molecular weight is 198 g/mol. The highest BCUT2D eigenvalue weighted by atomic mass is 33.4. The Hall–Kier alpha value is 1.48. The minimum atomic E-state index is -0.00900. The van der Waals surface area contributed by atoms with E-state index in [9.17, 15) is 0 Å². The summed E-state index contributed by atoms with van der Waals surface area (Å²) in [5.74, 6) is 1.33. The van der Waals surface area contributed by atoms with E-state index in [4.69, 9.17) is 0 Å². The van der Waals surface area contributed by atoms with Crippen LogP contribution in [0.5, 0.6) is 0 Å². The van der Waals surface area contributed by atoms with E-state index in [0.717, 1.165) is 5.25 Å². The van der Waals surface area contributed by atoms with Crippen molar-refractivity contribution in [1.82, 2.24) is 0 Å². The molecule has 0 N–H and O–H groups in total. The first-order chi connectivity index (χ1) is 4.33. The first kappa shape index (κ1) is 8.58. The van der Waals surface area contributed by atoms with Gasteiger partial charge >= 0.3 is 0 Å². The smallest absolute Gasteiger partial charge is 0.0700 e. The molecule has 1 aliphatic rings. The number of hydrogen-bond acceptors (Lipinski definition) is 3. The van der Waals surface area contributed by atoms with Crippen molar-refractivity contribution >= 4 is 40.5 Å². The molecule has 2 atom stereocenters. The molecule has 0 radical (unpaired) electrons. The largest absolute Gasteiger partial charge is 0.130 e. The molecule has 0 spiro atoms. The van der Waals surface area contributed by atoms with Crippen LogP contribution in [0.15, 0.2) is 0 Å². The lowest BCUT2D eigenvalue weighted by molar-refractivity contribution is 0.804. The van der Waals surface area contributed by atoms with Gasteiger partial charge in [-0.05, 0) is 12.8 Å². The summed E-state index contributed by atoms with van der Waals surface area (Å²) in [6.45, 7) is 2.27. The molecular formula is C5H11PS3. The summed E-state index contributed by atoms with van der Waals surface area (Å²) >= 11 is 8.57. The third kappa shape index (κ3) is 2.92. The van der Waals surface area contributed by atoms with E-state index in [1.165, 1.54) is 18.6 Å². The van der Waals surface area contributed by atoms with Gasteiger partial charge < -0.3 is 0 Å². The summed E-state index contributed by atoms with van der Waals surface area (Å²) in [5.41, 5.74) is -0.00900. The molecule has 4 heteroatoms. The second kappa shape index (κ2) is 4.38. The molecule has 1 heterocycles. The molecule has 0 nitrogen and oxygen atoms in total. The zero-order valence-electron chi connectivity index (χ0n) is 5.41. The molecule has 0 saturated carbocycles. The predicted octanol–water partition coefficient (Wildman–Crippen LogP) is 3.79. The van der Waals surface area contributed by atoms with Crippen LogP contribution in [-0.4, -0.2) is 11.0 Å². The highest BCUT2D eigenvalue weighted by Crippen LogP contribution is 2.69. The lowest BCUT2D eigenvalue weighted by Gasteiger charge is -2.23. The summed E-state index contributed by atoms with van der Waals surface area (Å²) in [7, 11) is 0. The second-order valence-electron chi connectivity index (χ2n) is 2.00. The lowest BCUT2D eigenvalue weighted by Crippen LogP contribution is -2.02. The van der Waals surface area contributed by atoms with Crippen LogP contribution in [0.3, 0.4) is 0 Å². The van der Waals surface area contributed by atoms with E-state index in [-0.39, 0.29) is 5.53 Å². The normalized spacial score (nSPS) is 36.7. The van der Waals surface area contributed by atoms with Gasteiger partial charge in [0.2, 0.25) is 0 Å². The van der Waals surface area contributed by atoms with Crippen LogP contribution in [0.1, 0.15) is 19.8 Å². The topological polar surface area (TPSA) is 0 Å². The van der Waals surface area contributed by atoms with Crippen LogP contribution < -0.4 is 0 Å². The van der Waals surface area contributed by atoms with Crippen molar-refractivity contribution in [2.75, 3.05) is 5.75 Å². The Morgan fingerprint density at radius 3 is 3.00 bits per heavy atom. The molecule has 0 amide bonds. The Balaban J connectivity index is 2.23. The van der Waals surface area contributed by atoms with Crippen molar-refractivity contribution in [3.05, 3.63) is 0 Å². The van der Waals surface area contributed by atoms with E-state index in [0.29, 0.717) is 0 Å². The predicted molar refractivity (Wildman–Crippen MR) is 54.7 cm³/mol. The van der Waals surface area contributed by atoms with Crippen molar-refractivity contribution in [2.45, 2.75) is 25.0 Å². The van der Waals surface area contributed by atoms with Gasteiger partial charge in [-0.1, -0.05) is 6.92 Å². The van der Waals surface area contributed by atoms with Crippen LogP contribution in [0, 0.1) is 0 Å². The Labute approximate surface area is 71.3 Å². The molecule has 0 aromatic heterocycles. The molecule has 2 unspecified atom stereocenters. The highest BCUT2D eigenvalue weighted by molar-refractivity contribution is 9.09. The molecule has 1 aliphatic heterocycles. The molecule has 54 valence electrons. The Morgan fingerprint density at radius 2 is 2.56 bits per heavy atom. The summed E-state index contributed by atoms with van der Waals surface area (Å²) in [6, 6.07) is 0. The molecule has 0 aromatic rings. The quantitative estimate of drug-likeness (QED) is 0.503. The SMILES string of the molecule is CCC1CCSP(S)S1. The van der Waals surface area contributed by atoms with Crippen molar-refractivity contribution in [3.63, 3.8) is 0 Å². The van der Waals surface area contributed by atoms with Crippen LogP contribution in [0.4, 0.5) is 0 Å². The van der Waals surface area contributed by atoms with Crippen LogP contribution in [0.2, 0.25) is 0 Å². The van der Waals surface area contributed by atoms with Crippen molar-refractivity contribution in [2.24, 2.45) is 0 Å². The van der Waals surface area contributed by atoms with Crippen molar-refractivity contribution in [1.29, 1.82) is 0 Å². The van der Waals surface area contributed by atoms with Gasteiger partial charge in [0.15, 0.2) is 0 Å². The Kier molecular flexibility index (Phi) is 4.17. The zero-order chi connectivity index (χ0) is 6.69. The summed E-state index contributed by atoms with van der Waals surface area (Å²) < 4.78 is 0. The molecule has 0 bridgehead atoms. The Bertz CT molecular complexity index is 88.3. The number of rotatable bonds is 1. The average Bonchev–Trinajstić information content (AvgIpc) is 1.88. The van der Waals surface area contributed by atoms with Gasteiger partial charge in [-0.25, -0.2) is 0 Å². The van der Waals surface area contributed by atoms with E-state index < -0.39 is 0 Å². The van der Waals surface area contributed by atoms with E-state index >= 15 is 0 Å². The molecule has 1 rings (SSSR count). The fourth-order valence-corrected chi connectivity index (χ4v) is 8.88. The zero-order valence-corrected chi connectivity index (χ0v) is 8.83. The molecule has 1 fully saturated rings. The second-order valence-corrected chi connectivity index (χ2v) is 11.1. The first-order valence-electron chi connectivity index (χ1n) is 3.11. The van der Waals surface area contributed by atoms with Gasteiger partial charge in [0.1, 0.15) is 0 Å². The monoisotopic (exact) mass is 198 g/mol. The maximum atomic E-state index is 4.47. The van der Waals surface area contributed by atoms with Gasteiger partial charge in [-0.3, -0.25) is 0 Å².